The molecular formula is C55H92O6. The number of carbonyl (C=O) groups excluding carboxylic acids is 3. The average Bonchev–Trinajstić information content (AvgIpc) is 3.26. The van der Waals surface area contributed by atoms with Crippen molar-refractivity contribution in [3.63, 3.8) is 0 Å². The second-order valence-electron chi connectivity index (χ2n) is 16.4. The summed E-state index contributed by atoms with van der Waals surface area (Å²) in [5.74, 6) is -0.948. The topological polar surface area (TPSA) is 78.9 Å². The van der Waals surface area contributed by atoms with E-state index < -0.39 is 6.10 Å². The third-order valence-electron chi connectivity index (χ3n) is 10.4. The van der Waals surface area contributed by atoms with E-state index in [-0.39, 0.29) is 31.1 Å². The van der Waals surface area contributed by atoms with Crippen molar-refractivity contribution in [3.05, 3.63) is 85.1 Å². The maximum atomic E-state index is 12.8. The second kappa shape index (κ2) is 49.2. The van der Waals surface area contributed by atoms with Gasteiger partial charge in [-0.2, -0.15) is 0 Å². The van der Waals surface area contributed by atoms with Gasteiger partial charge < -0.3 is 14.2 Å². The van der Waals surface area contributed by atoms with Gasteiger partial charge in [0.2, 0.25) is 0 Å². The Labute approximate surface area is 375 Å². The number of hydrogen-bond donors (Lipinski definition) is 0. The maximum absolute atomic E-state index is 12.8. The first-order valence-corrected chi connectivity index (χ1v) is 25.1. The molecule has 0 aliphatic rings. The van der Waals surface area contributed by atoms with Crippen LogP contribution in [0.25, 0.3) is 0 Å². The summed E-state index contributed by atoms with van der Waals surface area (Å²) >= 11 is 0. The summed E-state index contributed by atoms with van der Waals surface area (Å²) in [5, 5.41) is 0. The normalized spacial score (nSPS) is 12.8. The first-order valence-electron chi connectivity index (χ1n) is 25.1. The number of unbranched alkanes of at least 4 members (excludes halogenated alkanes) is 21. The average molecular weight is 849 g/mol. The van der Waals surface area contributed by atoms with Crippen molar-refractivity contribution in [3.8, 4) is 0 Å². The fourth-order valence-electron chi connectivity index (χ4n) is 6.69. The van der Waals surface area contributed by atoms with Crippen molar-refractivity contribution in [1.82, 2.24) is 0 Å². The fraction of sp³-hybridized carbons (Fsp3) is 0.691. The minimum absolute atomic E-state index is 0.0969. The van der Waals surface area contributed by atoms with E-state index >= 15 is 0 Å². The molecule has 1 atom stereocenters. The standard InChI is InChI=1S/C55H92O6/c1-4-7-10-13-16-19-22-25-27-28-31-33-36-39-42-45-48-54(57)60-51-52(50-59-53(56)47-44-41-38-35-32-29-24-21-18-15-12-9-6-3)61-55(58)49-46-43-40-37-34-30-26-23-20-17-14-11-8-5-2/h7,9-10,12,15-16,18-19,21,24-25,27,30,34,52H,4-6,8,11,13-14,17,20,22-23,26,28-29,31-33,35-51H2,1-3H3/b10-7+,12-9+,18-15+,19-16+,24-21+,27-25+,34-30+. The van der Waals surface area contributed by atoms with Gasteiger partial charge >= 0.3 is 17.9 Å². The molecule has 0 N–H and O–H groups in total. The Hall–Kier alpha value is -3.41. The number of rotatable bonds is 44. The van der Waals surface area contributed by atoms with Crippen molar-refractivity contribution < 1.29 is 28.6 Å². The van der Waals surface area contributed by atoms with Crippen molar-refractivity contribution in [2.24, 2.45) is 0 Å². The molecule has 0 aromatic heterocycles. The molecule has 0 amide bonds. The summed E-state index contributed by atoms with van der Waals surface area (Å²) in [7, 11) is 0. The van der Waals surface area contributed by atoms with Crippen molar-refractivity contribution >= 4 is 17.9 Å². The largest absolute Gasteiger partial charge is 0.462 e. The van der Waals surface area contributed by atoms with Crippen LogP contribution in [0.3, 0.4) is 0 Å². The van der Waals surface area contributed by atoms with Gasteiger partial charge in [-0.15, -0.1) is 0 Å². The molecule has 0 aliphatic heterocycles. The van der Waals surface area contributed by atoms with Crippen LogP contribution in [0.1, 0.15) is 226 Å². The lowest BCUT2D eigenvalue weighted by atomic mass is 10.1. The van der Waals surface area contributed by atoms with Crippen LogP contribution in [-0.2, 0) is 28.6 Å². The Morgan fingerprint density at radius 2 is 0.721 bits per heavy atom. The SMILES string of the molecule is CC/C=C/C=C/C=C/CCCCCCCC(=O)OCC(COC(=O)CCCCCCCC/C=C/C/C=C/C/C=C/CC)OC(=O)CCCCC/C=C/CCCCCCCCC. The molecule has 0 heterocycles. The number of esters is 3. The van der Waals surface area contributed by atoms with Gasteiger partial charge in [-0.3, -0.25) is 14.4 Å². The first-order chi connectivity index (χ1) is 30.0. The van der Waals surface area contributed by atoms with Gasteiger partial charge in [-0.1, -0.05) is 196 Å². The number of allylic oxidation sites excluding steroid dienone is 14. The Balaban J connectivity index is 4.46. The van der Waals surface area contributed by atoms with E-state index in [2.05, 4.69) is 106 Å². The van der Waals surface area contributed by atoms with E-state index in [1.54, 1.807) is 0 Å². The summed E-state index contributed by atoms with van der Waals surface area (Å²) in [4.78, 5) is 37.9. The second-order valence-corrected chi connectivity index (χ2v) is 16.4. The van der Waals surface area contributed by atoms with Crippen LogP contribution in [0.4, 0.5) is 0 Å². The highest BCUT2D eigenvalue weighted by Crippen LogP contribution is 2.13. The molecule has 0 saturated heterocycles. The Morgan fingerprint density at radius 3 is 1.21 bits per heavy atom. The van der Waals surface area contributed by atoms with Crippen molar-refractivity contribution in [1.29, 1.82) is 0 Å². The molecule has 0 fully saturated rings. The Bertz CT molecular complexity index is 1200. The number of carbonyl (C=O) groups is 3. The zero-order valence-corrected chi connectivity index (χ0v) is 39.7. The fourth-order valence-corrected chi connectivity index (χ4v) is 6.69. The third kappa shape index (κ3) is 47.5. The van der Waals surface area contributed by atoms with Gasteiger partial charge in [0.1, 0.15) is 13.2 Å². The Morgan fingerprint density at radius 1 is 0.361 bits per heavy atom. The van der Waals surface area contributed by atoms with Crippen LogP contribution < -0.4 is 0 Å². The highest BCUT2D eigenvalue weighted by molar-refractivity contribution is 5.71. The monoisotopic (exact) mass is 849 g/mol. The van der Waals surface area contributed by atoms with Crippen LogP contribution in [0.15, 0.2) is 85.1 Å². The predicted octanol–water partition coefficient (Wildman–Crippen LogP) is 16.4. The van der Waals surface area contributed by atoms with E-state index in [4.69, 9.17) is 14.2 Å². The van der Waals surface area contributed by atoms with Crippen molar-refractivity contribution in [2.45, 2.75) is 232 Å². The van der Waals surface area contributed by atoms with Gasteiger partial charge in [-0.05, 0) is 96.3 Å². The van der Waals surface area contributed by atoms with Gasteiger partial charge in [0.05, 0.1) is 0 Å². The number of hydrogen-bond acceptors (Lipinski definition) is 6. The van der Waals surface area contributed by atoms with E-state index in [0.29, 0.717) is 19.3 Å². The molecule has 6 nitrogen and oxygen atoms in total. The summed E-state index contributed by atoms with van der Waals surface area (Å²) in [5.41, 5.74) is 0. The Kier molecular flexibility index (Phi) is 46.5. The summed E-state index contributed by atoms with van der Waals surface area (Å²) in [6.45, 7) is 6.34. The molecule has 61 heavy (non-hydrogen) atoms. The van der Waals surface area contributed by atoms with Gasteiger partial charge in [0, 0.05) is 19.3 Å². The first kappa shape index (κ1) is 57.6. The predicted molar refractivity (Wildman–Crippen MR) is 261 cm³/mol. The molecule has 0 aromatic rings. The summed E-state index contributed by atoms with van der Waals surface area (Å²) < 4.78 is 16.7. The quantitative estimate of drug-likeness (QED) is 0.0200. The summed E-state index contributed by atoms with van der Waals surface area (Å²) in [6.07, 6.45) is 62.8. The molecule has 0 saturated carbocycles. The molecule has 0 spiro atoms. The molecule has 0 radical (unpaired) electrons. The zero-order chi connectivity index (χ0) is 44.4. The molecule has 348 valence electrons. The smallest absolute Gasteiger partial charge is 0.306 e. The van der Waals surface area contributed by atoms with Crippen molar-refractivity contribution in [2.75, 3.05) is 13.2 Å². The van der Waals surface area contributed by atoms with Crippen LogP contribution >= 0.6 is 0 Å². The molecule has 1 unspecified atom stereocenters. The lowest BCUT2D eigenvalue weighted by molar-refractivity contribution is -0.167. The lowest BCUT2D eigenvalue weighted by Crippen LogP contribution is -2.30. The maximum Gasteiger partial charge on any atom is 0.306 e. The highest BCUT2D eigenvalue weighted by Gasteiger charge is 2.19. The number of ether oxygens (including phenoxy) is 3. The van der Waals surface area contributed by atoms with Crippen LogP contribution in [0, 0.1) is 0 Å². The van der Waals surface area contributed by atoms with E-state index in [0.717, 1.165) is 122 Å². The van der Waals surface area contributed by atoms with Crippen LogP contribution in [-0.4, -0.2) is 37.2 Å². The molecular weight excluding hydrogens is 757 g/mol. The molecule has 0 aliphatic carbocycles. The van der Waals surface area contributed by atoms with Crippen LogP contribution in [0.5, 0.6) is 0 Å². The zero-order valence-electron chi connectivity index (χ0n) is 39.7. The highest BCUT2D eigenvalue weighted by atomic mass is 16.6. The summed E-state index contributed by atoms with van der Waals surface area (Å²) in [6, 6.07) is 0. The van der Waals surface area contributed by atoms with Crippen LogP contribution in [0.2, 0.25) is 0 Å². The van der Waals surface area contributed by atoms with E-state index in [1.165, 1.54) is 64.2 Å². The van der Waals surface area contributed by atoms with Gasteiger partial charge in [0.15, 0.2) is 6.10 Å². The van der Waals surface area contributed by atoms with E-state index in [1.807, 2.05) is 0 Å². The third-order valence-corrected chi connectivity index (χ3v) is 10.4. The molecule has 0 aromatic carbocycles. The molecule has 0 rings (SSSR count). The van der Waals surface area contributed by atoms with Gasteiger partial charge in [0.25, 0.3) is 0 Å². The minimum atomic E-state index is -0.798. The van der Waals surface area contributed by atoms with Gasteiger partial charge in [-0.25, -0.2) is 0 Å². The lowest BCUT2D eigenvalue weighted by Gasteiger charge is -2.18. The minimum Gasteiger partial charge on any atom is -0.462 e. The molecule has 6 heteroatoms. The molecule has 0 bridgehead atoms. The van der Waals surface area contributed by atoms with E-state index in [9.17, 15) is 14.4 Å².